The van der Waals surface area contributed by atoms with Crippen molar-refractivity contribution in [3.8, 4) is 22.8 Å². The Kier molecular flexibility index (Phi) is 10.5. The summed E-state index contributed by atoms with van der Waals surface area (Å²) in [7, 11) is 1.37. The number of anilines is 2. The number of pyridine rings is 2. The number of nitrogens with one attached hydrogen (secondary N) is 1. The predicted octanol–water partition coefficient (Wildman–Crippen LogP) is 6.85. The molecule has 11 rings (SSSR count). The van der Waals surface area contributed by atoms with E-state index >= 15 is 0 Å². The summed E-state index contributed by atoms with van der Waals surface area (Å²) in [5.41, 5.74) is 8.42. The van der Waals surface area contributed by atoms with Crippen LogP contribution in [-0.2, 0) is 14.2 Å². The molecule has 4 aromatic carbocycles. The van der Waals surface area contributed by atoms with Gasteiger partial charge in [-0.15, -0.1) is 5.10 Å². The number of morpholine rings is 2. The lowest BCUT2D eigenvalue weighted by Crippen LogP contribution is -2.36. The highest BCUT2D eigenvalue weighted by molar-refractivity contribution is 6.05. The summed E-state index contributed by atoms with van der Waals surface area (Å²) in [6.07, 6.45) is 3.30. The van der Waals surface area contributed by atoms with Gasteiger partial charge in [0.2, 0.25) is 0 Å². The number of carbonyl (C=O) groups is 1. The van der Waals surface area contributed by atoms with Crippen LogP contribution in [0.2, 0.25) is 0 Å². The third-order valence-electron chi connectivity index (χ3n) is 11.5. The minimum atomic E-state index is -0.631. The molecule has 7 heterocycles. The Morgan fingerprint density at radius 2 is 1.20 bits per heavy atom. The molecule has 0 aliphatic carbocycles. The van der Waals surface area contributed by atoms with Crippen molar-refractivity contribution in [3.05, 3.63) is 125 Å². The molecule has 2 aliphatic heterocycles. The van der Waals surface area contributed by atoms with Gasteiger partial charge in [0.05, 0.1) is 78.1 Å². The molecule has 18 heteroatoms. The number of H-pyrrole nitrogens is 1. The molecule has 0 bridgehead atoms. The molecule has 324 valence electrons. The van der Waals surface area contributed by atoms with Crippen molar-refractivity contribution < 1.29 is 32.2 Å². The van der Waals surface area contributed by atoms with Crippen LogP contribution in [0.15, 0.2) is 94.4 Å². The molecular formula is C46H40F2N10O6. The van der Waals surface area contributed by atoms with Crippen LogP contribution in [0.5, 0.6) is 0 Å². The van der Waals surface area contributed by atoms with Crippen LogP contribution in [-0.4, -0.2) is 105 Å². The molecule has 0 amide bonds. The largest absolute Gasteiger partial charge is 0.465 e. The third kappa shape index (κ3) is 7.35. The molecular weight excluding hydrogens is 827 g/mol. The van der Waals surface area contributed by atoms with Crippen molar-refractivity contribution in [3.63, 3.8) is 0 Å². The summed E-state index contributed by atoms with van der Waals surface area (Å²) in [5, 5.41) is 7.97. The van der Waals surface area contributed by atoms with Crippen LogP contribution in [0.4, 0.5) is 20.2 Å². The Morgan fingerprint density at radius 1 is 0.688 bits per heavy atom. The topological polar surface area (TPSA) is 172 Å². The van der Waals surface area contributed by atoms with E-state index in [1.165, 1.54) is 31.4 Å². The summed E-state index contributed by atoms with van der Waals surface area (Å²) >= 11 is 0. The first-order valence-electron chi connectivity index (χ1n) is 20.6. The number of nitrogens with zero attached hydrogens (tertiary/aromatic N) is 9. The van der Waals surface area contributed by atoms with Crippen molar-refractivity contribution in [2.45, 2.75) is 13.8 Å². The number of aromatic nitrogens is 8. The number of aromatic amines is 1. The summed E-state index contributed by atoms with van der Waals surface area (Å²) < 4.78 is 52.9. The Bertz CT molecular complexity index is 3310. The number of esters is 1. The number of fused-ring (bicyclic) bond motifs is 4. The second-order valence-electron chi connectivity index (χ2n) is 15.3. The second kappa shape index (κ2) is 16.6. The zero-order valence-corrected chi connectivity index (χ0v) is 35.0. The van der Waals surface area contributed by atoms with Gasteiger partial charge >= 0.3 is 11.7 Å². The van der Waals surface area contributed by atoms with Crippen LogP contribution in [0.3, 0.4) is 0 Å². The normalized spacial score (nSPS) is 14.4. The highest BCUT2D eigenvalue weighted by atomic mass is 19.1. The van der Waals surface area contributed by atoms with Gasteiger partial charge in [0, 0.05) is 72.9 Å². The highest BCUT2D eigenvalue weighted by Crippen LogP contribution is 2.36. The molecule has 0 saturated carbocycles. The molecule has 0 spiro atoms. The molecule has 64 heavy (non-hydrogen) atoms. The molecule has 2 saturated heterocycles. The Hall–Kier alpha value is -7.57. The lowest BCUT2D eigenvalue weighted by molar-refractivity contribution is 0.0602. The summed E-state index contributed by atoms with van der Waals surface area (Å²) in [4.78, 5) is 46.8. The summed E-state index contributed by atoms with van der Waals surface area (Å²) in [5.74, 6) is -0.154. The van der Waals surface area contributed by atoms with E-state index < -0.39 is 11.7 Å². The van der Waals surface area contributed by atoms with Gasteiger partial charge in [-0.3, -0.25) is 19.1 Å². The zero-order valence-electron chi connectivity index (χ0n) is 35.0. The number of carbonyl (C=O) groups excluding carboxylic acids is 1. The lowest BCUT2D eigenvalue weighted by atomic mass is 10.1. The fourth-order valence-corrected chi connectivity index (χ4v) is 8.55. The third-order valence-corrected chi connectivity index (χ3v) is 11.5. The van der Waals surface area contributed by atoms with Gasteiger partial charge in [-0.1, -0.05) is 0 Å². The predicted molar refractivity (Wildman–Crippen MR) is 236 cm³/mol. The minimum Gasteiger partial charge on any atom is -0.465 e. The quantitative estimate of drug-likeness (QED) is 0.172. The molecule has 16 nitrogen and oxygen atoms in total. The lowest BCUT2D eigenvalue weighted by Gasteiger charge is -2.29. The number of rotatable bonds is 6. The van der Waals surface area contributed by atoms with Crippen LogP contribution < -0.4 is 15.6 Å². The first-order chi connectivity index (χ1) is 31.1. The van der Waals surface area contributed by atoms with E-state index in [-0.39, 0.29) is 17.5 Å². The van der Waals surface area contributed by atoms with Crippen molar-refractivity contribution in [2.24, 2.45) is 0 Å². The van der Waals surface area contributed by atoms with Crippen molar-refractivity contribution >= 4 is 61.2 Å². The molecule has 0 unspecified atom stereocenters. The summed E-state index contributed by atoms with van der Waals surface area (Å²) in [6, 6.07) is 20.7. The van der Waals surface area contributed by atoms with Gasteiger partial charge in [-0.2, -0.15) is 0 Å². The number of methoxy groups -OCH3 is 1. The van der Waals surface area contributed by atoms with Gasteiger partial charge < -0.3 is 28.4 Å². The molecule has 2 fully saturated rings. The molecule has 2 aliphatic rings. The second-order valence-corrected chi connectivity index (χ2v) is 15.3. The van der Waals surface area contributed by atoms with Gasteiger partial charge in [0.15, 0.2) is 0 Å². The molecule has 9 aromatic rings. The van der Waals surface area contributed by atoms with Gasteiger partial charge in [0.25, 0.3) is 5.89 Å². The number of halogens is 2. The number of hydrogen-bond donors (Lipinski definition) is 1. The Balaban J connectivity index is 0.000000152. The fourth-order valence-electron chi connectivity index (χ4n) is 8.55. The molecule has 0 radical (unpaired) electrons. The average molecular weight is 867 g/mol. The van der Waals surface area contributed by atoms with Crippen molar-refractivity contribution in [1.82, 2.24) is 39.3 Å². The molecule has 0 atom stereocenters. The van der Waals surface area contributed by atoms with Crippen LogP contribution in [0.1, 0.15) is 22.0 Å². The van der Waals surface area contributed by atoms with E-state index in [4.69, 9.17) is 28.6 Å². The minimum absolute atomic E-state index is 0.173. The first-order valence-corrected chi connectivity index (χ1v) is 20.6. The smallest absolute Gasteiger partial charge is 0.434 e. The van der Waals surface area contributed by atoms with E-state index in [0.717, 1.165) is 76.6 Å². The monoisotopic (exact) mass is 866 g/mol. The molecule has 1 N–H and O–H groups in total. The fraction of sp³-hybridized carbons (Fsp3) is 0.239. The van der Waals surface area contributed by atoms with Crippen LogP contribution in [0, 0.1) is 25.5 Å². The van der Waals surface area contributed by atoms with Crippen molar-refractivity contribution in [1.29, 1.82) is 0 Å². The number of hydrogen-bond acceptors (Lipinski definition) is 13. The first kappa shape index (κ1) is 40.5. The van der Waals surface area contributed by atoms with Gasteiger partial charge in [-0.25, -0.2) is 33.4 Å². The van der Waals surface area contributed by atoms with Crippen LogP contribution >= 0.6 is 0 Å². The van der Waals surface area contributed by atoms with Crippen LogP contribution in [0.25, 0.3) is 66.7 Å². The van der Waals surface area contributed by atoms with Crippen molar-refractivity contribution in [2.75, 3.05) is 69.5 Å². The van der Waals surface area contributed by atoms with E-state index in [9.17, 15) is 18.4 Å². The van der Waals surface area contributed by atoms with E-state index in [2.05, 4.69) is 36.0 Å². The number of benzene rings is 4. The average Bonchev–Trinajstić information content (AvgIpc) is 4.01. The van der Waals surface area contributed by atoms with E-state index in [1.807, 2.05) is 53.3 Å². The van der Waals surface area contributed by atoms with Gasteiger partial charge in [-0.05, 0) is 74.5 Å². The highest BCUT2D eigenvalue weighted by Gasteiger charge is 2.25. The zero-order chi connectivity index (χ0) is 44.1. The Labute approximate surface area is 362 Å². The SMILES string of the molecule is COC(=O)c1cc(N2CCOCC2)cc2c1nc(C)n2-c1ccnc2cc(F)ccc12.Cc1nc2c(-c3n[nH]c(=O)o3)cc(N3CCOCC3)cc2n1-c1ccnc2cc(F)ccc12. The van der Waals surface area contributed by atoms with Gasteiger partial charge in [0.1, 0.15) is 34.3 Å². The maximum Gasteiger partial charge on any atom is 0.434 e. The molecule has 5 aromatic heterocycles. The number of imidazole rings is 2. The van der Waals surface area contributed by atoms with E-state index in [0.29, 0.717) is 65.4 Å². The maximum absolute atomic E-state index is 13.8. The number of aryl methyl sites for hydroxylation is 2. The Morgan fingerprint density at radius 3 is 1.72 bits per heavy atom. The number of ether oxygens (including phenoxy) is 3. The maximum atomic E-state index is 13.8. The standard InChI is InChI=1S/C23H19FN6O3.C23H21FN4O3/c1-13-26-21-17(22-27-28-23(31)33-22)11-15(29-6-8-32-9-7-29)12-20(21)30(13)19-4-5-25-18-10-14(24)2-3-16(18)19;1-14-26-22-18(23(29)30-2)12-16(27-7-9-31-10-8-27)13-21(22)28(14)20-5-6-25-19-11-15(24)3-4-17(19)20/h2-5,10-12H,6-9H2,1H3,(H,28,31);3-6,11-13H,7-10H2,1-2H3. The van der Waals surface area contributed by atoms with E-state index in [1.54, 1.807) is 24.5 Å². The summed E-state index contributed by atoms with van der Waals surface area (Å²) in [6.45, 7) is 9.23.